The van der Waals surface area contributed by atoms with Crippen molar-refractivity contribution in [2.45, 2.75) is 66.9 Å². The molecule has 0 bridgehead atoms. The lowest BCUT2D eigenvalue weighted by atomic mass is 9.94. The summed E-state index contributed by atoms with van der Waals surface area (Å²) in [6.45, 7) is 3.92. The van der Waals surface area contributed by atoms with Crippen molar-refractivity contribution in [1.29, 1.82) is 0 Å². The molecule has 0 radical (unpaired) electrons. The van der Waals surface area contributed by atoms with Gasteiger partial charge in [0.1, 0.15) is 23.4 Å². The molecule has 3 saturated carbocycles. The molecule has 4 aliphatic carbocycles. The van der Waals surface area contributed by atoms with Crippen LogP contribution in [0.15, 0.2) is 96.7 Å². The van der Waals surface area contributed by atoms with Gasteiger partial charge in [-0.3, -0.25) is 19.1 Å². The van der Waals surface area contributed by atoms with E-state index < -0.39 is 56.1 Å². The number of carbonyl (C=O) groups excluding carboxylic acids is 3. The standard InChI is InChI=1S/C37H36N4O6S/c1-2-23-21-37(23,34(43)40-48(45,46)26-16-17-26)38-33(42)31-20-25(22-41(31)35(44)36(18-19-36)24-10-4-3-5-11-24)47-39-32-29-14-8-6-12-27(29)28-13-7-9-15-30(28)32/h2-15,23,25-26,31H,1,16-22H2,(H,38,42)(H,40,43)/t23-,25?,31?,37-/m1/s1. The summed E-state index contributed by atoms with van der Waals surface area (Å²) in [4.78, 5) is 49.7. The predicted octanol–water partition coefficient (Wildman–Crippen LogP) is 3.81. The Labute approximate surface area is 279 Å². The molecule has 1 aliphatic heterocycles. The van der Waals surface area contributed by atoms with Crippen LogP contribution in [0.25, 0.3) is 11.1 Å². The molecule has 1 heterocycles. The fourth-order valence-electron chi connectivity index (χ4n) is 7.37. The Morgan fingerprint density at radius 3 is 2.06 bits per heavy atom. The number of nitrogens with zero attached hydrogens (tertiary/aromatic N) is 2. The van der Waals surface area contributed by atoms with Crippen LogP contribution in [0.5, 0.6) is 0 Å². The predicted molar refractivity (Wildman–Crippen MR) is 179 cm³/mol. The molecule has 4 fully saturated rings. The zero-order valence-electron chi connectivity index (χ0n) is 26.3. The monoisotopic (exact) mass is 664 g/mol. The molecule has 5 aliphatic rings. The lowest BCUT2D eigenvalue weighted by molar-refractivity contribution is -0.141. The number of nitrogens with one attached hydrogen (secondary N) is 2. The smallest absolute Gasteiger partial charge is 0.259 e. The van der Waals surface area contributed by atoms with Crippen molar-refractivity contribution in [1.82, 2.24) is 14.9 Å². The summed E-state index contributed by atoms with van der Waals surface area (Å²) in [6, 6.07) is 24.6. The third kappa shape index (κ3) is 5.03. The van der Waals surface area contributed by atoms with E-state index >= 15 is 0 Å². The van der Waals surface area contributed by atoms with E-state index in [1.165, 1.54) is 0 Å². The molecule has 10 nitrogen and oxygen atoms in total. The summed E-state index contributed by atoms with van der Waals surface area (Å²) in [6.07, 6.45) is 3.63. The van der Waals surface area contributed by atoms with Gasteiger partial charge >= 0.3 is 0 Å². The maximum Gasteiger partial charge on any atom is 0.259 e. The Balaban J connectivity index is 1.08. The lowest BCUT2D eigenvalue weighted by Crippen LogP contribution is -2.57. The first-order valence-electron chi connectivity index (χ1n) is 16.5. The van der Waals surface area contributed by atoms with E-state index in [1.807, 2.05) is 78.9 Å². The molecule has 2 unspecified atom stereocenters. The molecule has 2 N–H and O–H groups in total. The number of fused-ring (bicyclic) bond motifs is 3. The van der Waals surface area contributed by atoms with Gasteiger partial charge < -0.3 is 15.1 Å². The fraction of sp³-hybridized carbons (Fsp3) is 0.351. The van der Waals surface area contributed by atoms with Crippen molar-refractivity contribution < 1.29 is 27.6 Å². The van der Waals surface area contributed by atoms with Gasteiger partial charge in [0.2, 0.25) is 21.8 Å². The molecule has 3 aromatic carbocycles. The van der Waals surface area contributed by atoms with Gasteiger partial charge in [-0.15, -0.1) is 6.58 Å². The van der Waals surface area contributed by atoms with E-state index in [9.17, 15) is 22.8 Å². The molecule has 0 aromatic heterocycles. The first-order valence-corrected chi connectivity index (χ1v) is 18.0. The van der Waals surface area contributed by atoms with Crippen LogP contribution in [0.1, 0.15) is 55.2 Å². The molecular weight excluding hydrogens is 628 g/mol. The minimum Gasteiger partial charge on any atom is -0.390 e. The lowest BCUT2D eigenvalue weighted by Gasteiger charge is -2.29. The van der Waals surface area contributed by atoms with Crippen LogP contribution in [0.2, 0.25) is 0 Å². The fourth-order valence-corrected chi connectivity index (χ4v) is 8.73. The number of carbonyl (C=O) groups is 3. The van der Waals surface area contributed by atoms with Crippen molar-refractivity contribution in [3.8, 4) is 11.1 Å². The van der Waals surface area contributed by atoms with Crippen LogP contribution in [0.4, 0.5) is 0 Å². The summed E-state index contributed by atoms with van der Waals surface area (Å²) < 4.78 is 27.5. The van der Waals surface area contributed by atoms with Crippen molar-refractivity contribution in [3.05, 3.63) is 108 Å². The number of rotatable bonds is 10. The average molecular weight is 665 g/mol. The highest BCUT2D eigenvalue weighted by molar-refractivity contribution is 7.91. The first kappa shape index (κ1) is 30.6. The van der Waals surface area contributed by atoms with Gasteiger partial charge in [0.05, 0.1) is 17.2 Å². The summed E-state index contributed by atoms with van der Waals surface area (Å²) >= 11 is 0. The van der Waals surface area contributed by atoms with Crippen LogP contribution in [0, 0.1) is 5.92 Å². The molecule has 3 aromatic rings. The Hall–Kier alpha value is -4.77. The molecule has 11 heteroatoms. The average Bonchev–Trinajstić information content (AvgIpc) is 4.02. The Morgan fingerprint density at radius 2 is 1.50 bits per heavy atom. The summed E-state index contributed by atoms with van der Waals surface area (Å²) in [5.74, 6) is -1.92. The van der Waals surface area contributed by atoms with Gasteiger partial charge in [0.25, 0.3) is 5.91 Å². The largest absolute Gasteiger partial charge is 0.390 e. The number of benzene rings is 3. The normalized spacial score (nSPS) is 26.1. The highest BCUT2D eigenvalue weighted by Gasteiger charge is 2.63. The maximum absolute atomic E-state index is 14.4. The minimum atomic E-state index is -3.83. The van der Waals surface area contributed by atoms with Gasteiger partial charge in [0.15, 0.2) is 0 Å². The topological polar surface area (TPSA) is 134 Å². The zero-order valence-corrected chi connectivity index (χ0v) is 27.1. The van der Waals surface area contributed by atoms with Crippen LogP contribution >= 0.6 is 0 Å². The van der Waals surface area contributed by atoms with Crippen molar-refractivity contribution in [2.75, 3.05) is 6.54 Å². The van der Waals surface area contributed by atoms with E-state index in [-0.39, 0.29) is 25.3 Å². The van der Waals surface area contributed by atoms with E-state index in [0.717, 1.165) is 27.8 Å². The molecule has 8 rings (SSSR count). The Morgan fingerprint density at radius 1 is 0.896 bits per heavy atom. The third-order valence-corrected chi connectivity index (χ3v) is 12.3. The van der Waals surface area contributed by atoms with Gasteiger partial charge in [-0.25, -0.2) is 8.42 Å². The molecule has 3 amide bonds. The highest BCUT2D eigenvalue weighted by atomic mass is 32.2. The molecule has 48 heavy (non-hydrogen) atoms. The first-order chi connectivity index (χ1) is 23.2. The molecular formula is C37H36N4O6S. The molecule has 1 saturated heterocycles. The number of sulfonamides is 1. The summed E-state index contributed by atoms with van der Waals surface area (Å²) in [7, 11) is -3.83. The van der Waals surface area contributed by atoms with Crippen LogP contribution in [0.3, 0.4) is 0 Å². The molecule has 4 atom stereocenters. The second-order valence-corrected chi connectivity index (χ2v) is 15.6. The zero-order chi connectivity index (χ0) is 33.3. The third-order valence-electron chi connectivity index (χ3n) is 10.5. The van der Waals surface area contributed by atoms with Crippen LogP contribution in [-0.4, -0.2) is 66.2 Å². The van der Waals surface area contributed by atoms with Crippen molar-refractivity contribution in [3.63, 3.8) is 0 Å². The number of hydrogen-bond donors (Lipinski definition) is 2. The van der Waals surface area contributed by atoms with Gasteiger partial charge in [-0.1, -0.05) is 90.1 Å². The Bertz CT molecular complexity index is 1940. The molecule has 0 spiro atoms. The number of oxime groups is 1. The number of amides is 3. The van der Waals surface area contributed by atoms with Gasteiger partial charge in [-0.2, -0.15) is 0 Å². The van der Waals surface area contributed by atoms with Gasteiger partial charge in [0, 0.05) is 23.5 Å². The van der Waals surface area contributed by atoms with Crippen LogP contribution < -0.4 is 10.0 Å². The second-order valence-electron chi connectivity index (χ2n) is 13.6. The maximum atomic E-state index is 14.4. The van der Waals surface area contributed by atoms with E-state index in [2.05, 4.69) is 21.8 Å². The quantitative estimate of drug-likeness (QED) is 0.196. The van der Waals surface area contributed by atoms with E-state index in [4.69, 9.17) is 4.84 Å². The second kappa shape index (κ2) is 11.2. The summed E-state index contributed by atoms with van der Waals surface area (Å²) in [5.41, 5.74) is 3.40. The molecule has 246 valence electrons. The minimum absolute atomic E-state index is 0.131. The van der Waals surface area contributed by atoms with Crippen LogP contribution in [-0.2, 0) is 34.7 Å². The van der Waals surface area contributed by atoms with Crippen molar-refractivity contribution in [2.24, 2.45) is 11.1 Å². The summed E-state index contributed by atoms with van der Waals surface area (Å²) in [5, 5.41) is 6.88. The van der Waals surface area contributed by atoms with E-state index in [1.54, 1.807) is 11.0 Å². The number of hydrogen-bond acceptors (Lipinski definition) is 7. The number of likely N-dealkylation sites (tertiary alicyclic amines) is 1. The van der Waals surface area contributed by atoms with E-state index in [0.29, 0.717) is 31.4 Å². The Kier molecular flexibility index (Phi) is 7.10. The highest BCUT2D eigenvalue weighted by Crippen LogP contribution is 2.51. The van der Waals surface area contributed by atoms with Gasteiger partial charge in [-0.05, 0) is 48.8 Å². The van der Waals surface area contributed by atoms with Crippen molar-refractivity contribution >= 4 is 33.5 Å². The SMILES string of the molecule is C=C[C@@H]1C[C@]1(NC(=O)C1CC(ON=C2c3ccccc3-c3ccccc32)CN1C(=O)C1(c2ccccc2)CC1)C(=O)NS(=O)(=O)C1CC1.